The Morgan fingerprint density at radius 2 is 2.25 bits per heavy atom. The highest BCUT2D eigenvalue weighted by Crippen LogP contribution is 2.26. The summed E-state index contributed by atoms with van der Waals surface area (Å²) >= 11 is 6.20. The maximum atomic E-state index is 6.20. The average molecular weight is 297 g/mol. The van der Waals surface area contributed by atoms with Crippen molar-refractivity contribution in [3.63, 3.8) is 0 Å². The Labute approximate surface area is 127 Å². The third-order valence-corrected chi connectivity index (χ3v) is 3.78. The highest BCUT2D eigenvalue weighted by molar-refractivity contribution is 6.30. The van der Waals surface area contributed by atoms with E-state index in [1.807, 2.05) is 6.07 Å². The Morgan fingerprint density at radius 1 is 1.45 bits per heavy atom. The lowest BCUT2D eigenvalue weighted by molar-refractivity contribution is 0.0821. The van der Waals surface area contributed by atoms with Crippen molar-refractivity contribution in [1.82, 2.24) is 5.32 Å². The molecule has 1 saturated heterocycles. The third kappa shape index (κ3) is 4.37. The Hall–Kier alpha value is -0.770. The van der Waals surface area contributed by atoms with Crippen LogP contribution in [0.1, 0.15) is 32.8 Å². The molecule has 4 heteroatoms. The second kappa shape index (κ2) is 7.30. The van der Waals surface area contributed by atoms with Gasteiger partial charge in [0, 0.05) is 43.0 Å². The van der Waals surface area contributed by atoms with E-state index in [-0.39, 0.29) is 6.10 Å². The molecule has 0 amide bonds. The third-order valence-electron chi connectivity index (χ3n) is 3.54. The number of nitrogens with one attached hydrogen (secondary N) is 1. The molecular weight excluding hydrogens is 272 g/mol. The van der Waals surface area contributed by atoms with Crippen molar-refractivity contribution in [1.29, 1.82) is 0 Å². The minimum atomic E-state index is 0.266. The molecule has 0 radical (unpaired) electrons. The molecule has 1 N–H and O–H groups in total. The van der Waals surface area contributed by atoms with Crippen LogP contribution < -0.4 is 10.2 Å². The number of benzene rings is 1. The number of nitrogens with zero attached hydrogens (tertiary/aromatic N) is 1. The van der Waals surface area contributed by atoms with Crippen molar-refractivity contribution in [2.24, 2.45) is 0 Å². The monoisotopic (exact) mass is 296 g/mol. The molecule has 1 fully saturated rings. The van der Waals surface area contributed by atoms with Gasteiger partial charge in [0.25, 0.3) is 0 Å². The molecule has 0 aromatic heterocycles. The van der Waals surface area contributed by atoms with Crippen LogP contribution in [0.25, 0.3) is 0 Å². The lowest BCUT2D eigenvalue weighted by Crippen LogP contribution is -2.32. The zero-order chi connectivity index (χ0) is 14.5. The van der Waals surface area contributed by atoms with Gasteiger partial charge in [-0.3, -0.25) is 0 Å². The predicted molar refractivity (Wildman–Crippen MR) is 85.7 cm³/mol. The summed E-state index contributed by atoms with van der Waals surface area (Å²) in [6.45, 7) is 10.1. The molecule has 0 saturated carbocycles. The van der Waals surface area contributed by atoms with E-state index in [0.29, 0.717) is 6.04 Å². The maximum absolute atomic E-state index is 6.20. The van der Waals surface area contributed by atoms with Crippen molar-refractivity contribution in [2.75, 3.05) is 24.6 Å². The summed E-state index contributed by atoms with van der Waals surface area (Å²) in [6.07, 6.45) is 1.33. The summed E-state index contributed by atoms with van der Waals surface area (Å²) in [7, 11) is 0. The molecule has 1 aromatic rings. The van der Waals surface area contributed by atoms with E-state index < -0.39 is 0 Å². The fourth-order valence-electron chi connectivity index (χ4n) is 2.51. The van der Waals surface area contributed by atoms with Crippen molar-refractivity contribution in [2.45, 2.75) is 45.9 Å². The number of anilines is 1. The van der Waals surface area contributed by atoms with Crippen LogP contribution in [0.4, 0.5) is 5.69 Å². The molecule has 0 spiro atoms. The van der Waals surface area contributed by atoms with Crippen LogP contribution in [0, 0.1) is 0 Å². The number of hydrogen-bond donors (Lipinski definition) is 1. The van der Waals surface area contributed by atoms with Gasteiger partial charge < -0.3 is 15.0 Å². The molecule has 1 aliphatic rings. The first kappa shape index (κ1) is 15.6. The van der Waals surface area contributed by atoms with Crippen molar-refractivity contribution in [3.05, 3.63) is 28.8 Å². The summed E-state index contributed by atoms with van der Waals surface area (Å²) in [4.78, 5) is 2.40. The molecular formula is C16H25ClN2O. The molecule has 0 bridgehead atoms. The summed E-state index contributed by atoms with van der Waals surface area (Å²) in [6, 6.07) is 6.66. The van der Waals surface area contributed by atoms with E-state index in [4.69, 9.17) is 16.3 Å². The lowest BCUT2D eigenvalue weighted by atomic mass is 10.1. The quantitative estimate of drug-likeness (QED) is 0.921. The summed E-state index contributed by atoms with van der Waals surface area (Å²) in [5.74, 6) is 0. The summed E-state index contributed by atoms with van der Waals surface area (Å²) in [5.41, 5.74) is 2.54. The van der Waals surface area contributed by atoms with Crippen LogP contribution in [-0.4, -0.2) is 31.8 Å². The van der Waals surface area contributed by atoms with Gasteiger partial charge in [-0.05, 0) is 31.0 Å². The average Bonchev–Trinajstić information content (AvgIpc) is 2.61. The SMILES string of the molecule is CC(C)NCc1ccc(Cl)cc1N1CCCOC(C)C1. The first-order valence-electron chi connectivity index (χ1n) is 7.44. The maximum Gasteiger partial charge on any atom is 0.0721 e. The van der Waals surface area contributed by atoms with Crippen LogP contribution >= 0.6 is 11.6 Å². The fourth-order valence-corrected chi connectivity index (χ4v) is 2.67. The number of ether oxygens (including phenoxy) is 1. The highest BCUT2D eigenvalue weighted by Gasteiger charge is 2.18. The topological polar surface area (TPSA) is 24.5 Å². The zero-order valence-electron chi connectivity index (χ0n) is 12.7. The van der Waals surface area contributed by atoms with E-state index in [2.05, 4.69) is 43.1 Å². The number of halogens is 1. The molecule has 1 unspecified atom stereocenters. The minimum absolute atomic E-state index is 0.266. The smallest absolute Gasteiger partial charge is 0.0721 e. The van der Waals surface area contributed by atoms with Crippen molar-refractivity contribution < 1.29 is 4.74 Å². The van der Waals surface area contributed by atoms with Crippen LogP contribution in [0.2, 0.25) is 5.02 Å². The Balaban J connectivity index is 2.20. The van der Waals surface area contributed by atoms with Crippen molar-refractivity contribution >= 4 is 17.3 Å². The molecule has 20 heavy (non-hydrogen) atoms. The molecule has 1 aromatic carbocycles. The van der Waals surface area contributed by atoms with Gasteiger partial charge >= 0.3 is 0 Å². The van der Waals surface area contributed by atoms with E-state index >= 15 is 0 Å². The normalized spacial score (nSPS) is 20.2. The van der Waals surface area contributed by atoms with Gasteiger partial charge in [-0.2, -0.15) is 0 Å². The van der Waals surface area contributed by atoms with Crippen LogP contribution in [0.15, 0.2) is 18.2 Å². The van der Waals surface area contributed by atoms with Crippen LogP contribution in [0.5, 0.6) is 0 Å². The van der Waals surface area contributed by atoms with E-state index in [1.165, 1.54) is 11.3 Å². The standard InChI is InChI=1S/C16H25ClN2O/c1-12(2)18-10-14-5-6-15(17)9-16(14)19-7-4-8-20-13(3)11-19/h5-6,9,12-13,18H,4,7-8,10-11H2,1-3H3. The van der Waals surface area contributed by atoms with Gasteiger partial charge in [-0.15, -0.1) is 0 Å². The first-order chi connectivity index (χ1) is 9.56. The van der Waals surface area contributed by atoms with E-state index in [0.717, 1.165) is 37.7 Å². The Morgan fingerprint density at radius 3 is 3.00 bits per heavy atom. The molecule has 3 nitrogen and oxygen atoms in total. The Kier molecular flexibility index (Phi) is 5.70. The zero-order valence-corrected chi connectivity index (χ0v) is 13.4. The molecule has 1 atom stereocenters. The first-order valence-corrected chi connectivity index (χ1v) is 7.82. The molecule has 112 valence electrons. The van der Waals surface area contributed by atoms with Gasteiger partial charge in [0.2, 0.25) is 0 Å². The fraction of sp³-hybridized carbons (Fsp3) is 0.625. The number of hydrogen-bond acceptors (Lipinski definition) is 3. The van der Waals surface area contributed by atoms with Crippen molar-refractivity contribution in [3.8, 4) is 0 Å². The van der Waals surface area contributed by atoms with Crippen LogP contribution in [0.3, 0.4) is 0 Å². The van der Waals surface area contributed by atoms with Gasteiger partial charge in [0.05, 0.1) is 6.10 Å². The van der Waals surface area contributed by atoms with E-state index in [1.54, 1.807) is 0 Å². The molecule has 1 heterocycles. The van der Waals surface area contributed by atoms with E-state index in [9.17, 15) is 0 Å². The lowest BCUT2D eigenvalue weighted by Gasteiger charge is -2.27. The predicted octanol–water partition coefficient (Wildman–Crippen LogP) is 3.45. The van der Waals surface area contributed by atoms with Gasteiger partial charge in [-0.25, -0.2) is 0 Å². The molecule has 1 aliphatic heterocycles. The largest absolute Gasteiger partial charge is 0.377 e. The molecule has 0 aliphatic carbocycles. The Bertz CT molecular complexity index is 436. The van der Waals surface area contributed by atoms with Gasteiger partial charge in [0.15, 0.2) is 0 Å². The number of rotatable bonds is 4. The minimum Gasteiger partial charge on any atom is -0.377 e. The highest BCUT2D eigenvalue weighted by atomic mass is 35.5. The summed E-state index contributed by atoms with van der Waals surface area (Å²) < 4.78 is 5.73. The van der Waals surface area contributed by atoms with Crippen LogP contribution in [-0.2, 0) is 11.3 Å². The second-order valence-electron chi connectivity index (χ2n) is 5.79. The second-order valence-corrected chi connectivity index (χ2v) is 6.23. The van der Waals surface area contributed by atoms with Gasteiger partial charge in [0.1, 0.15) is 0 Å². The van der Waals surface area contributed by atoms with Gasteiger partial charge in [-0.1, -0.05) is 31.5 Å². The molecule has 2 rings (SSSR count). The summed E-state index contributed by atoms with van der Waals surface area (Å²) in [5, 5.41) is 4.28.